The van der Waals surface area contributed by atoms with Gasteiger partial charge in [0.15, 0.2) is 0 Å². The van der Waals surface area contributed by atoms with Crippen molar-refractivity contribution in [3.8, 4) is 0 Å². The van der Waals surface area contributed by atoms with Crippen molar-refractivity contribution in [2.75, 3.05) is 38.1 Å². The van der Waals surface area contributed by atoms with Crippen LogP contribution in [0, 0.1) is 0 Å². The largest absolute Gasteiger partial charge is 0.355 e. The first-order chi connectivity index (χ1) is 11.1. The SMILES string of the molecule is CN1CCCN(c2cccc(C(=O)c3cncc(Br)c3)n2)CC1. The Hall–Kier alpha value is -1.79. The van der Waals surface area contributed by atoms with Crippen LogP contribution < -0.4 is 4.90 Å². The third kappa shape index (κ3) is 3.95. The number of aromatic nitrogens is 2. The Labute approximate surface area is 144 Å². The second kappa shape index (κ2) is 7.19. The minimum absolute atomic E-state index is 0.104. The highest BCUT2D eigenvalue weighted by Crippen LogP contribution is 2.17. The predicted octanol–water partition coefficient (Wildman–Crippen LogP) is 2.61. The van der Waals surface area contributed by atoms with Crippen LogP contribution in [0.3, 0.4) is 0 Å². The van der Waals surface area contributed by atoms with Crippen molar-refractivity contribution in [2.45, 2.75) is 6.42 Å². The molecule has 1 saturated heterocycles. The second-order valence-electron chi connectivity index (χ2n) is 5.75. The minimum Gasteiger partial charge on any atom is -0.355 e. The maximum Gasteiger partial charge on any atom is 0.213 e. The molecular weight excluding hydrogens is 356 g/mol. The van der Waals surface area contributed by atoms with E-state index in [1.807, 2.05) is 12.1 Å². The summed E-state index contributed by atoms with van der Waals surface area (Å²) >= 11 is 3.35. The molecule has 3 heterocycles. The molecule has 6 heteroatoms. The second-order valence-corrected chi connectivity index (χ2v) is 6.66. The number of likely N-dealkylation sites (N-methyl/N-ethyl adjacent to an activating group) is 1. The summed E-state index contributed by atoms with van der Waals surface area (Å²) in [7, 11) is 2.14. The smallest absolute Gasteiger partial charge is 0.213 e. The fraction of sp³-hybridized carbons (Fsp3) is 0.353. The molecule has 0 spiro atoms. The van der Waals surface area contributed by atoms with Crippen molar-refractivity contribution < 1.29 is 4.79 Å². The maximum absolute atomic E-state index is 12.6. The molecule has 3 rings (SSSR count). The van der Waals surface area contributed by atoms with E-state index < -0.39 is 0 Å². The van der Waals surface area contributed by atoms with Crippen LogP contribution in [0.25, 0.3) is 0 Å². The first-order valence-corrected chi connectivity index (χ1v) is 8.48. The van der Waals surface area contributed by atoms with Gasteiger partial charge in [0.1, 0.15) is 11.5 Å². The van der Waals surface area contributed by atoms with Crippen LogP contribution in [0.15, 0.2) is 41.1 Å². The van der Waals surface area contributed by atoms with E-state index in [0.717, 1.165) is 42.9 Å². The quantitative estimate of drug-likeness (QED) is 0.772. The van der Waals surface area contributed by atoms with Gasteiger partial charge in [-0.15, -0.1) is 0 Å². The van der Waals surface area contributed by atoms with Crippen molar-refractivity contribution in [3.05, 3.63) is 52.4 Å². The highest BCUT2D eigenvalue weighted by Gasteiger charge is 2.16. The van der Waals surface area contributed by atoms with Gasteiger partial charge in [0.05, 0.1) is 0 Å². The van der Waals surface area contributed by atoms with Gasteiger partial charge in [0.25, 0.3) is 0 Å². The van der Waals surface area contributed by atoms with E-state index in [1.165, 1.54) is 0 Å². The van der Waals surface area contributed by atoms with E-state index in [-0.39, 0.29) is 5.78 Å². The molecule has 0 unspecified atom stereocenters. The Bertz CT molecular complexity index is 706. The maximum atomic E-state index is 12.6. The molecule has 5 nitrogen and oxygen atoms in total. The van der Waals surface area contributed by atoms with Gasteiger partial charge in [-0.25, -0.2) is 4.98 Å². The van der Waals surface area contributed by atoms with Gasteiger partial charge in [-0.2, -0.15) is 0 Å². The Morgan fingerprint density at radius 1 is 1.17 bits per heavy atom. The molecule has 2 aromatic heterocycles. The number of nitrogens with zero attached hydrogens (tertiary/aromatic N) is 4. The molecule has 0 bridgehead atoms. The number of pyridine rings is 2. The van der Waals surface area contributed by atoms with Gasteiger partial charge in [0, 0.05) is 42.1 Å². The van der Waals surface area contributed by atoms with Crippen LogP contribution in [0.2, 0.25) is 0 Å². The standard InChI is InChI=1S/C17H19BrN4O/c1-21-6-3-7-22(9-8-21)16-5-2-4-15(20-16)17(23)13-10-14(18)12-19-11-13/h2,4-5,10-12H,3,6-9H2,1H3. The molecular formula is C17H19BrN4O. The average Bonchev–Trinajstić information content (AvgIpc) is 2.79. The number of carbonyl (C=O) groups excluding carboxylic acids is 1. The van der Waals surface area contributed by atoms with E-state index in [1.54, 1.807) is 24.5 Å². The Kier molecular flexibility index (Phi) is 5.03. The topological polar surface area (TPSA) is 49.3 Å². The van der Waals surface area contributed by atoms with E-state index in [2.05, 4.69) is 42.7 Å². The zero-order chi connectivity index (χ0) is 16.2. The monoisotopic (exact) mass is 374 g/mol. The summed E-state index contributed by atoms with van der Waals surface area (Å²) in [6, 6.07) is 7.40. The van der Waals surface area contributed by atoms with Crippen molar-refractivity contribution in [1.29, 1.82) is 0 Å². The normalized spacial score (nSPS) is 16.2. The summed E-state index contributed by atoms with van der Waals surface area (Å²) in [6.45, 7) is 4.00. The third-order valence-electron chi connectivity index (χ3n) is 3.98. The molecule has 0 aliphatic carbocycles. The predicted molar refractivity (Wildman–Crippen MR) is 93.9 cm³/mol. The highest BCUT2D eigenvalue weighted by atomic mass is 79.9. The number of anilines is 1. The van der Waals surface area contributed by atoms with Gasteiger partial charge in [-0.05, 0) is 54.1 Å². The zero-order valence-electron chi connectivity index (χ0n) is 13.1. The molecule has 1 fully saturated rings. The van der Waals surface area contributed by atoms with E-state index >= 15 is 0 Å². The molecule has 2 aromatic rings. The van der Waals surface area contributed by atoms with Crippen molar-refractivity contribution in [3.63, 3.8) is 0 Å². The summed E-state index contributed by atoms with van der Waals surface area (Å²) in [5.74, 6) is 0.765. The number of carbonyl (C=O) groups is 1. The number of hydrogen-bond donors (Lipinski definition) is 0. The van der Waals surface area contributed by atoms with Gasteiger partial charge < -0.3 is 9.80 Å². The lowest BCUT2D eigenvalue weighted by Crippen LogP contribution is -2.29. The van der Waals surface area contributed by atoms with Crippen LogP contribution in [-0.4, -0.2) is 53.9 Å². The summed E-state index contributed by atoms with van der Waals surface area (Å²) in [4.78, 5) is 25.8. The Morgan fingerprint density at radius 2 is 2.04 bits per heavy atom. The number of hydrogen-bond acceptors (Lipinski definition) is 5. The Morgan fingerprint density at radius 3 is 2.87 bits per heavy atom. The lowest BCUT2D eigenvalue weighted by atomic mass is 10.1. The fourth-order valence-corrected chi connectivity index (χ4v) is 3.05. The molecule has 1 aliphatic heterocycles. The number of halogens is 1. The highest BCUT2D eigenvalue weighted by molar-refractivity contribution is 9.10. The molecule has 120 valence electrons. The first-order valence-electron chi connectivity index (χ1n) is 7.69. The van der Waals surface area contributed by atoms with Crippen LogP contribution in [0.5, 0.6) is 0 Å². The van der Waals surface area contributed by atoms with Crippen molar-refractivity contribution in [2.24, 2.45) is 0 Å². The minimum atomic E-state index is -0.104. The molecule has 23 heavy (non-hydrogen) atoms. The molecule has 0 atom stereocenters. The summed E-state index contributed by atoms with van der Waals surface area (Å²) < 4.78 is 0.787. The summed E-state index contributed by atoms with van der Waals surface area (Å²) in [6.07, 6.45) is 4.34. The van der Waals surface area contributed by atoms with Crippen molar-refractivity contribution >= 4 is 27.5 Å². The van der Waals surface area contributed by atoms with Crippen LogP contribution in [0.4, 0.5) is 5.82 Å². The van der Waals surface area contributed by atoms with Gasteiger partial charge in [0.2, 0.25) is 5.78 Å². The molecule has 0 aromatic carbocycles. The molecule has 0 amide bonds. The molecule has 0 radical (unpaired) electrons. The third-order valence-corrected chi connectivity index (χ3v) is 4.41. The van der Waals surface area contributed by atoms with Crippen LogP contribution in [-0.2, 0) is 0 Å². The zero-order valence-corrected chi connectivity index (χ0v) is 14.7. The van der Waals surface area contributed by atoms with Gasteiger partial charge in [-0.1, -0.05) is 6.07 Å². The fourth-order valence-electron chi connectivity index (χ4n) is 2.69. The molecule has 0 saturated carbocycles. The summed E-state index contributed by atoms with van der Waals surface area (Å²) in [5, 5.41) is 0. The molecule has 0 N–H and O–H groups in total. The van der Waals surface area contributed by atoms with Crippen molar-refractivity contribution in [1.82, 2.24) is 14.9 Å². The lowest BCUT2D eigenvalue weighted by molar-refractivity contribution is 0.103. The summed E-state index contributed by atoms with van der Waals surface area (Å²) in [5.41, 5.74) is 1.000. The lowest BCUT2D eigenvalue weighted by Gasteiger charge is -2.21. The average molecular weight is 375 g/mol. The molecule has 1 aliphatic rings. The van der Waals surface area contributed by atoms with Crippen LogP contribution in [0.1, 0.15) is 22.5 Å². The van der Waals surface area contributed by atoms with E-state index in [9.17, 15) is 4.79 Å². The number of rotatable bonds is 3. The van der Waals surface area contributed by atoms with E-state index in [4.69, 9.17) is 0 Å². The van der Waals surface area contributed by atoms with Gasteiger partial charge in [-0.3, -0.25) is 9.78 Å². The first kappa shape index (κ1) is 16.1. The van der Waals surface area contributed by atoms with E-state index in [0.29, 0.717) is 11.3 Å². The Balaban J connectivity index is 1.83. The van der Waals surface area contributed by atoms with Gasteiger partial charge >= 0.3 is 0 Å². The van der Waals surface area contributed by atoms with Crippen LogP contribution >= 0.6 is 15.9 Å². The number of ketones is 1.